The molecule has 0 aromatic heterocycles. The first kappa shape index (κ1) is 12.7. The second kappa shape index (κ2) is 5.25. The number of guanidine groups is 1. The predicted octanol–water partition coefficient (Wildman–Crippen LogP) is 1.52. The molecule has 0 radical (unpaired) electrons. The molecular weight excluding hydrogens is 214 g/mol. The Hall–Kier alpha value is -0.770. The van der Waals surface area contributed by atoms with E-state index in [9.17, 15) is 0 Å². The second-order valence-corrected chi connectivity index (χ2v) is 5.56. The van der Waals surface area contributed by atoms with Gasteiger partial charge in [-0.15, -0.1) is 0 Å². The lowest BCUT2D eigenvalue weighted by atomic mass is 10.0. The molecule has 0 spiro atoms. The standard InChI is InChI=1S/C13H25N3O/c1-4-14-12(16-11-8-10(11)2)15-9-13(3)6-5-7-17-13/h10-11H,4-9H2,1-3H3,(H2,14,15,16). The number of hydrogen-bond donors (Lipinski definition) is 2. The van der Waals surface area contributed by atoms with Gasteiger partial charge >= 0.3 is 0 Å². The van der Waals surface area contributed by atoms with Crippen LogP contribution in [0.4, 0.5) is 0 Å². The van der Waals surface area contributed by atoms with Crippen molar-refractivity contribution < 1.29 is 4.74 Å². The Labute approximate surface area is 104 Å². The van der Waals surface area contributed by atoms with E-state index in [-0.39, 0.29) is 5.60 Å². The smallest absolute Gasteiger partial charge is 0.191 e. The molecule has 1 aliphatic carbocycles. The summed E-state index contributed by atoms with van der Waals surface area (Å²) in [6.07, 6.45) is 3.55. The molecule has 0 aromatic carbocycles. The number of nitrogens with zero attached hydrogens (tertiary/aromatic N) is 1. The van der Waals surface area contributed by atoms with Gasteiger partial charge in [0.05, 0.1) is 12.1 Å². The lowest BCUT2D eigenvalue weighted by Crippen LogP contribution is -2.40. The number of rotatable bonds is 4. The Morgan fingerprint density at radius 1 is 1.53 bits per heavy atom. The molecular formula is C13H25N3O. The lowest BCUT2D eigenvalue weighted by Gasteiger charge is -2.21. The molecule has 17 heavy (non-hydrogen) atoms. The maximum absolute atomic E-state index is 5.75. The zero-order chi connectivity index (χ0) is 12.3. The van der Waals surface area contributed by atoms with Crippen LogP contribution in [0.25, 0.3) is 0 Å². The third-order valence-corrected chi connectivity index (χ3v) is 3.65. The zero-order valence-corrected chi connectivity index (χ0v) is 11.3. The average Bonchev–Trinajstić information content (AvgIpc) is 2.80. The first-order valence-corrected chi connectivity index (χ1v) is 6.82. The molecule has 4 nitrogen and oxygen atoms in total. The molecule has 1 saturated heterocycles. The van der Waals surface area contributed by atoms with Crippen molar-refractivity contribution in [3.8, 4) is 0 Å². The van der Waals surface area contributed by atoms with Gasteiger partial charge in [0.25, 0.3) is 0 Å². The van der Waals surface area contributed by atoms with E-state index >= 15 is 0 Å². The summed E-state index contributed by atoms with van der Waals surface area (Å²) >= 11 is 0. The molecule has 0 aromatic rings. The van der Waals surface area contributed by atoms with E-state index in [0.29, 0.717) is 6.04 Å². The number of aliphatic imine (C=N–C) groups is 1. The first-order valence-electron chi connectivity index (χ1n) is 6.82. The van der Waals surface area contributed by atoms with Crippen molar-refractivity contribution in [3.63, 3.8) is 0 Å². The average molecular weight is 239 g/mol. The summed E-state index contributed by atoms with van der Waals surface area (Å²) in [5.41, 5.74) is -0.0441. The van der Waals surface area contributed by atoms with Crippen LogP contribution in [0.3, 0.4) is 0 Å². The molecule has 3 unspecified atom stereocenters. The number of nitrogens with one attached hydrogen (secondary N) is 2. The van der Waals surface area contributed by atoms with Gasteiger partial charge in [-0.1, -0.05) is 6.92 Å². The van der Waals surface area contributed by atoms with E-state index in [1.165, 1.54) is 6.42 Å². The lowest BCUT2D eigenvalue weighted by molar-refractivity contribution is 0.0283. The molecule has 0 bridgehead atoms. The van der Waals surface area contributed by atoms with Gasteiger partial charge < -0.3 is 15.4 Å². The van der Waals surface area contributed by atoms with Crippen LogP contribution in [-0.4, -0.2) is 37.3 Å². The molecule has 3 atom stereocenters. The third kappa shape index (κ3) is 3.60. The number of hydrogen-bond acceptors (Lipinski definition) is 2. The highest BCUT2D eigenvalue weighted by atomic mass is 16.5. The molecule has 1 aliphatic heterocycles. The summed E-state index contributed by atoms with van der Waals surface area (Å²) in [6.45, 7) is 9.07. The van der Waals surface area contributed by atoms with Crippen LogP contribution in [0, 0.1) is 5.92 Å². The minimum absolute atomic E-state index is 0.0441. The summed E-state index contributed by atoms with van der Waals surface area (Å²) in [5.74, 6) is 1.73. The van der Waals surface area contributed by atoms with Crippen LogP contribution in [0.15, 0.2) is 4.99 Å². The van der Waals surface area contributed by atoms with Gasteiger partial charge in [-0.2, -0.15) is 0 Å². The quantitative estimate of drug-likeness (QED) is 0.577. The fourth-order valence-corrected chi connectivity index (χ4v) is 2.23. The van der Waals surface area contributed by atoms with E-state index < -0.39 is 0 Å². The van der Waals surface area contributed by atoms with Crippen LogP contribution in [0.2, 0.25) is 0 Å². The topological polar surface area (TPSA) is 45.7 Å². The molecule has 2 rings (SSSR count). The van der Waals surface area contributed by atoms with Crippen molar-refractivity contribution in [2.75, 3.05) is 19.7 Å². The van der Waals surface area contributed by atoms with E-state index in [2.05, 4.69) is 36.4 Å². The summed E-state index contributed by atoms with van der Waals surface area (Å²) < 4.78 is 5.75. The van der Waals surface area contributed by atoms with Gasteiger partial charge in [-0.05, 0) is 39.0 Å². The first-order chi connectivity index (χ1) is 8.13. The summed E-state index contributed by atoms with van der Waals surface area (Å²) in [6, 6.07) is 0.616. The molecule has 4 heteroatoms. The van der Waals surface area contributed by atoms with E-state index in [4.69, 9.17) is 4.74 Å². The molecule has 1 heterocycles. The minimum atomic E-state index is -0.0441. The molecule has 0 amide bonds. The van der Waals surface area contributed by atoms with Crippen molar-refractivity contribution >= 4 is 5.96 Å². The van der Waals surface area contributed by atoms with E-state index in [0.717, 1.165) is 44.4 Å². The maximum atomic E-state index is 5.75. The van der Waals surface area contributed by atoms with Gasteiger partial charge in [0, 0.05) is 19.2 Å². The highest BCUT2D eigenvalue weighted by Crippen LogP contribution is 2.29. The molecule has 1 saturated carbocycles. The monoisotopic (exact) mass is 239 g/mol. The zero-order valence-electron chi connectivity index (χ0n) is 11.3. The summed E-state index contributed by atoms with van der Waals surface area (Å²) in [7, 11) is 0. The minimum Gasteiger partial charge on any atom is -0.373 e. The van der Waals surface area contributed by atoms with Crippen molar-refractivity contribution in [1.82, 2.24) is 10.6 Å². The van der Waals surface area contributed by atoms with Gasteiger partial charge in [0.1, 0.15) is 0 Å². The van der Waals surface area contributed by atoms with Crippen molar-refractivity contribution in [2.24, 2.45) is 10.9 Å². The van der Waals surface area contributed by atoms with Crippen molar-refractivity contribution in [1.29, 1.82) is 0 Å². The van der Waals surface area contributed by atoms with Gasteiger partial charge in [0.15, 0.2) is 5.96 Å². The molecule has 98 valence electrons. The van der Waals surface area contributed by atoms with E-state index in [1.807, 2.05) is 0 Å². The van der Waals surface area contributed by atoms with Gasteiger partial charge in [-0.25, -0.2) is 0 Å². The van der Waals surface area contributed by atoms with Crippen LogP contribution < -0.4 is 10.6 Å². The summed E-state index contributed by atoms with van der Waals surface area (Å²) in [5, 5.41) is 6.77. The van der Waals surface area contributed by atoms with Gasteiger partial charge in [0.2, 0.25) is 0 Å². The highest BCUT2D eigenvalue weighted by Gasteiger charge is 2.34. The predicted molar refractivity (Wildman–Crippen MR) is 70.3 cm³/mol. The second-order valence-electron chi connectivity index (χ2n) is 5.56. The van der Waals surface area contributed by atoms with Gasteiger partial charge in [-0.3, -0.25) is 4.99 Å². The van der Waals surface area contributed by atoms with Crippen LogP contribution in [-0.2, 0) is 4.74 Å². The maximum Gasteiger partial charge on any atom is 0.191 e. The summed E-state index contributed by atoms with van der Waals surface area (Å²) in [4.78, 5) is 4.65. The Morgan fingerprint density at radius 2 is 2.29 bits per heavy atom. The molecule has 2 N–H and O–H groups in total. The van der Waals surface area contributed by atoms with Crippen molar-refractivity contribution in [3.05, 3.63) is 0 Å². The molecule has 2 aliphatic rings. The van der Waals surface area contributed by atoms with E-state index in [1.54, 1.807) is 0 Å². The Kier molecular flexibility index (Phi) is 3.92. The largest absolute Gasteiger partial charge is 0.373 e. The van der Waals surface area contributed by atoms with Crippen LogP contribution >= 0.6 is 0 Å². The normalized spacial score (nSPS) is 37.0. The Morgan fingerprint density at radius 3 is 2.82 bits per heavy atom. The van der Waals surface area contributed by atoms with Crippen LogP contribution in [0.1, 0.15) is 40.0 Å². The fraction of sp³-hybridized carbons (Fsp3) is 0.923. The SMILES string of the molecule is CCNC(=NCC1(C)CCCO1)NC1CC1C. The Bertz CT molecular complexity index is 284. The van der Waals surface area contributed by atoms with Crippen LogP contribution in [0.5, 0.6) is 0 Å². The van der Waals surface area contributed by atoms with Crippen molar-refractivity contribution in [2.45, 2.75) is 51.7 Å². The third-order valence-electron chi connectivity index (χ3n) is 3.65. The molecule has 2 fully saturated rings. The number of ether oxygens (including phenoxy) is 1. The highest BCUT2D eigenvalue weighted by molar-refractivity contribution is 5.80. The Balaban J connectivity index is 1.85. The fourth-order valence-electron chi connectivity index (χ4n) is 2.23.